The first-order valence-corrected chi connectivity index (χ1v) is 21.2. The van der Waals surface area contributed by atoms with E-state index in [1.165, 1.54) is 0 Å². The van der Waals surface area contributed by atoms with E-state index in [9.17, 15) is 5.41 Å². The lowest BCUT2D eigenvalue weighted by Gasteiger charge is -2.31. The number of furan rings is 2. The summed E-state index contributed by atoms with van der Waals surface area (Å²) < 4.78 is 15.9. The summed E-state index contributed by atoms with van der Waals surface area (Å²) >= 11 is 0. The molecule has 0 saturated carbocycles. The second kappa shape index (κ2) is 15.0. The van der Waals surface area contributed by atoms with Crippen molar-refractivity contribution < 1.29 is 8.83 Å². The predicted octanol–water partition coefficient (Wildman–Crippen LogP) is 14.6. The van der Waals surface area contributed by atoms with E-state index in [1.54, 1.807) is 0 Å². The van der Waals surface area contributed by atoms with Crippen LogP contribution in [0.4, 0.5) is 0 Å². The number of rotatable bonds is 6. The number of aromatic nitrogens is 1. The Morgan fingerprint density at radius 1 is 0.556 bits per heavy atom. The molecule has 11 aromatic rings. The Labute approximate surface area is 362 Å². The van der Waals surface area contributed by atoms with Crippen LogP contribution in [0.25, 0.3) is 77.0 Å². The molecule has 1 aliphatic carbocycles. The number of nitrogens with one attached hydrogen (secondary N) is 1. The number of hydrogen-bond donors (Lipinski definition) is 1. The predicted molar refractivity (Wildman–Crippen MR) is 260 cm³/mol. The third-order valence-corrected chi connectivity index (χ3v) is 12.4. The average Bonchev–Trinajstić information content (AvgIpc) is 4.03. The van der Waals surface area contributed by atoms with Crippen LogP contribution >= 0.6 is 0 Å². The third kappa shape index (κ3) is 6.14. The maximum absolute atomic E-state index is 9.71. The van der Waals surface area contributed by atoms with E-state index < -0.39 is 0 Å². The molecule has 0 saturated heterocycles. The van der Waals surface area contributed by atoms with Crippen LogP contribution in [-0.2, 0) is 0 Å². The first kappa shape index (κ1) is 36.5. The lowest BCUT2D eigenvalue weighted by atomic mass is 9.80. The van der Waals surface area contributed by atoms with Crippen molar-refractivity contribution in [3.63, 3.8) is 0 Å². The molecule has 0 aliphatic heterocycles. The van der Waals surface area contributed by atoms with Crippen LogP contribution in [0.3, 0.4) is 0 Å². The molecule has 12 rings (SSSR count). The molecule has 3 aromatic heterocycles. The van der Waals surface area contributed by atoms with Crippen molar-refractivity contribution in [2.24, 2.45) is 9.98 Å². The Morgan fingerprint density at radius 3 is 1.94 bits per heavy atom. The molecule has 6 heteroatoms. The number of fused-ring (bicyclic) bond motifs is 11. The van der Waals surface area contributed by atoms with E-state index in [1.807, 2.05) is 91.1 Å². The van der Waals surface area contributed by atoms with Crippen LogP contribution in [0.5, 0.6) is 0 Å². The van der Waals surface area contributed by atoms with E-state index in [4.69, 9.17) is 18.8 Å². The molecule has 1 unspecified atom stereocenters. The normalized spacial score (nSPS) is 14.9. The van der Waals surface area contributed by atoms with Gasteiger partial charge in [0.15, 0.2) is 17.0 Å². The molecule has 0 bridgehead atoms. The molecule has 6 nitrogen and oxygen atoms in total. The van der Waals surface area contributed by atoms with Crippen molar-refractivity contribution in [2.45, 2.75) is 12.3 Å². The Bertz CT molecular complexity index is 3700. The summed E-state index contributed by atoms with van der Waals surface area (Å²) in [6.07, 6.45) is 4.54. The highest BCUT2D eigenvalue weighted by Crippen LogP contribution is 2.49. The zero-order valence-corrected chi connectivity index (χ0v) is 34.1. The molecule has 0 fully saturated rings. The fraction of sp³-hybridized carbons (Fsp3) is 0.0351. The first-order valence-electron chi connectivity index (χ1n) is 21.2. The van der Waals surface area contributed by atoms with E-state index in [0.29, 0.717) is 12.3 Å². The lowest BCUT2D eigenvalue weighted by molar-refractivity contribution is 0.635. The molecule has 1 N–H and O–H groups in total. The zero-order chi connectivity index (χ0) is 41.9. The van der Waals surface area contributed by atoms with E-state index in [0.717, 1.165) is 105 Å². The quantitative estimate of drug-likeness (QED) is 0.134. The minimum absolute atomic E-state index is 0.148. The smallest absolute Gasteiger partial charge is 0.178 e. The number of nitrogens with zero attached hydrogens (tertiary/aromatic N) is 3. The van der Waals surface area contributed by atoms with Gasteiger partial charge >= 0.3 is 0 Å². The van der Waals surface area contributed by atoms with Crippen molar-refractivity contribution in [1.82, 2.24) is 4.57 Å². The van der Waals surface area contributed by atoms with Gasteiger partial charge in [-0.15, -0.1) is 0 Å². The van der Waals surface area contributed by atoms with Gasteiger partial charge in [-0.3, -0.25) is 5.41 Å². The highest BCUT2D eigenvalue weighted by atomic mass is 16.4. The summed E-state index contributed by atoms with van der Waals surface area (Å²) in [5.41, 5.74) is 12.3. The van der Waals surface area contributed by atoms with Crippen molar-refractivity contribution in [2.75, 3.05) is 0 Å². The Morgan fingerprint density at radius 2 is 1.16 bits per heavy atom. The van der Waals surface area contributed by atoms with Gasteiger partial charge in [0.1, 0.15) is 17.0 Å². The summed E-state index contributed by atoms with van der Waals surface area (Å²) in [4.78, 5) is 9.88. The molecule has 1 atom stereocenters. The van der Waals surface area contributed by atoms with Crippen LogP contribution in [0.15, 0.2) is 225 Å². The van der Waals surface area contributed by atoms with Crippen LogP contribution in [0.1, 0.15) is 34.6 Å². The minimum Gasteiger partial charge on any atom is -0.452 e. The maximum atomic E-state index is 9.71. The molecule has 298 valence electrons. The maximum Gasteiger partial charge on any atom is 0.178 e. The first-order chi connectivity index (χ1) is 31.2. The van der Waals surface area contributed by atoms with Crippen LogP contribution < -0.4 is 0 Å². The van der Waals surface area contributed by atoms with Crippen molar-refractivity contribution in [3.05, 3.63) is 228 Å². The Kier molecular flexibility index (Phi) is 8.68. The number of hydrogen-bond acceptors (Lipinski definition) is 3. The Balaban J connectivity index is 1.11. The van der Waals surface area contributed by atoms with Gasteiger partial charge in [0.2, 0.25) is 0 Å². The Hall–Kier alpha value is -8.35. The second-order valence-corrected chi connectivity index (χ2v) is 16.0. The zero-order valence-electron chi connectivity index (χ0n) is 34.1. The number of allylic oxidation sites excluding steroid dienone is 3. The summed E-state index contributed by atoms with van der Waals surface area (Å²) in [5.74, 6) is 0.510. The topological polar surface area (TPSA) is 79.8 Å². The second-order valence-electron chi connectivity index (χ2n) is 16.0. The van der Waals surface area contributed by atoms with Crippen LogP contribution in [-0.4, -0.2) is 22.5 Å². The molecule has 63 heavy (non-hydrogen) atoms. The molecule has 0 spiro atoms. The summed E-state index contributed by atoms with van der Waals surface area (Å²) in [6, 6.07) is 66.7. The summed E-state index contributed by atoms with van der Waals surface area (Å²) in [5, 5.41) is 16.0. The summed E-state index contributed by atoms with van der Waals surface area (Å²) in [6.45, 7) is 0. The van der Waals surface area contributed by atoms with Gasteiger partial charge < -0.3 is 13.4 Å². The molecule has 1 aliphatic rings. The van der Waals surface area contributed by atoms with Crippen molar-refractivity contribution >= 4 is 94.8 Å². The van der Waals surface area contributed by atoms with Crippen molar-refractivity contribution in [1.29, 1.82) is 5.41 Å². The fourth-order valence-electron chi connectivity index (χ4n) is 9.46. The summed E-state index contributed by atoms with van der Waals surface area (Å²) in [7, 11) is 0. The van der Waals surface area contributed by atoms with E-state index in [2.05, 4.69) is 120 Å². The lowest BCUT2D eigenvalue weighted by Crippen LogP contribution is -2.18. The minimum atomic E-state index is -0.148. The third-order valence-electron chi connectivity index (χ3n) is 12.4. The molecule has 3 heterocycles. The van der Waals surface area contributed by atoms with Crippen LogP contribution in [0, 0.1) is 5.41 Å². The number of para-hydroxylation sites is 2. The van der Waals surface area contributed by atoms with Crippen LogP contribution in [0.2, 0.25) is 0 Å². The molecule has 8 aromatic carbocycles. The highest BCUT2D eigenvalue weighted by molar-refractivity contribution is 6.27. The van der Waals surface area contributed by atoms with Crippen molar-refractivity contribution in [3.8, 4) is 0 Å². The molecule has 0 amide bonds. The van der Waals surface area contributed by atoms with Gasteiger partial charge in [0.05, 0.1) is 16.4 Å². The molecular weight excluding hydrogens is 773 g/mol. The monoisotopic (exact) mass is 810 g/mol. The average molecular weight is 811 g/mol. The largest absolute Gasteiger partial charge is 0.452 e. The van der Waals surface area contributed by atoms with Gasteiger partial charge in [-0.2, -0.15) is 0 Å². The fourth-order valence-corrected chi connectivity index (χ4v) is 9.46. The van der Waals surface area contributed by atoms with Gasteiger partial charge in [-0.1, -0.05) is 158 Å². The number of amidine groups is 2. The standard InChI is InChI=1S/C57H38N4O2/c58-56(60-57(39-23-11-4-12-24-39)59-35-36-17-5-1-6-18-36)40-33-46(37-19-7-2-8-20-37)52(47(34-40)38-21-9-3-10-22-38)61-48-27-15-13-26-45(48)51-49(61)32-31-43-44-30-29-42-41-25-14-16-28-50(41)62-54(42)55(44)63-53(43)51/h1-33,35,47,58H,34H2/b58-56?,59-35+,60-57-. The van der Waals surface area contributed by atoms with Gasteiger partial charge in [-0.25, -0.2) is 9.98 Å². The molecular formula is C57H38N4O2. The SMILES string of the molecule is N=C(/N=C(\N=C\c1ccccc1)c1ccccc1)C1=CC(c2ccccc2)=C(n2c3ccccc3c3c4oc5c(ccc6c7ccccc7oc65)c4ccc32)C(c2ccccc2)C1. The van der Waals surface area contributed by atoms with Gasteiger partial charge in [0, 0.05) is 55.9 Å². The highest BCUT2D eigenvalue weighted by Gasteiger charge is 2.32. The van der Waals surface area contributed by atoms with E-state index in [-0.39, 0.29) is 11.8 Å². The number of aliphatic imine (C=N–C) groups is 2. The van der Waals surface area contributed by atoms with Gasteiger partial charge in [-0.05, 0) is 71.2 Å². The number of benzene rings is 8. The van der Waals surface area contributed by atoms with E-state index >= 15 is 0 Å². The molecule has 0 radical (unpaired) electrons. The van der Waals surface area contributed by atoms with Gasteiger partial charge in [0.25, 0.3) is 0 Å².